The molecular formula is C16H25BrN2. The van der Waals surface area contributed by atoms with E-state index in [2.05, 4.69) is 51.3 Å². The van der Waals surface area contributed by atoms with Gasteiger partial charge in [0.2, 0.25) is 0 Å². The number of nitrogens with zero attached hydrogens (tertiary/aromatic N) is 1. The number of piperidine rings is 1. The molecule has 106 valence electrons. The summed E-state index contributed by atoms with van der Waals surface area (Å²) in [6, 6.07) is 6.68. The Morgan fingerprint density at radius 1 is 1.32 bits per heavy atom. The van der Waals surface area contributed by atoms with Crippen LogP contribution in [0.1, 0.15) is 30.4 Å². The van der Waals surface area contributed by atoms with Crippen molar-refractivity contribution in [3.05, 3.63) is 33.8 Å². The van der Waals surface area contributed by atoms with Crippen molar-refractivity contribution in [2.45, 2.75) is 32.7 Å². The van der Waals surface area contributed by atoms with E-state index in [0.717, 1.165) is 19.0 Å². The van der Waals surface area contributed by atoms with Crippen LogP contribution < -0.4 is 5.32 Å². The van der Waals surface area contributed by atoms with Crippen molar-refractivity contribution in [3.8, 4) is 0 Å². The van der Waals surface area contributed by atoms with Gasteiger partial charge in [0.1, 0.15) is 0 Å². The molecule has 0 aliphatic carbocycles. The summed E-state index contributed by atoms with van der Waals surface area (Å²) >= 11 is 3.69. The maximum Gasteiger partial charge on any atom is 0.0244 e. The molecule has 0 spiro atoms. The summed E-state index contributed by atoms with van der Waals surface area (Å²) in [5.41, 5.74) is 2.74. The second-order valence-corrected chi connectivity index (χ2v) is 6.56. The van der Waals surface area contributed by atoms with Crippen LogP contribution in [0, 0.1) is 12.8 Å². The minimum Gasteiger partial charge on any atom is -0.320 e. The van der Waals surface area contributed by atoms with E-state index >= 15 is 0 Å². The summed E-state index contributed by atoms with van der Waals surface area (Å²) in [7, 11) is 2.05. The van der Waals surface area contributed by atoms with Crippen LogP contribution in [-0.4, -0.2) is 31.6 Å². The van der Waals surface area contributed by atoms with Gasteiger partial charge in [0.05, 0.1) is 0 Å². The van der Waals surface area contributed by atoms with Crippen molar-refractivity contribution in [3.63, 3.8) is 0 Å². The molecule has 1 aromatic carbocycles. The first kappa shape index (κ1) is 15.0. The molecule has 1 aliphatic rings. The van der Waals surface area contributed by atoms with Crippen LogP contribution in [0.15, 0.2) is 22.7 Å². The highest BCUT2D eigenvalue weighted by Crippen LogP contribution is 2.24. The Labute approximate surface area is 125 Å². The summed E-state index contributed by atoms with van der Waals surface area (Å²) in [6.45, 7) is 6.87. The van der Waals surface area contributed by atoms with Crippen molar-refractivity contribution in [1.29, 1.82) is 0 Å². The minimum atomic E-state index is 0.921. The zero-order valence-electron chi connectivity index (χ0n) is 12.1. The lowest BCUT2D eigenvalue weighted by Crippen LogP contribution is -2.34. The molecule has 0 amide bonds. The number of benzene rings is 1. The highest BCUT2D eigenvalue weighted by molar-refractivity contribution is 9.10. The minimum absolute atomic E-state index is 0.921. The normalized spacial score (nSPS) is 17.8. The molecule has 1 saturated heterocycles. The lowest BCUT2D eigenvalue weighted by molar-refractivity contribution is 0.172. The summed E-state index contributed by atoms with van der Waals surface area (Å²) in [6.07, 6.45) is 4.04. The molecule has 0 bridgehead atoms. The van der Waals surface area contributed by atoms with Gasteiger partial charge in [0, 0.05) is 11.0 Å². The van der Waals surface area contributed by atoms with E-state index in [9.17, 15) is 0 Å². The fourth-order valence-corrected chi connectivity index (χ4v) is 3.42. The molecule has 1 aliphatic heterocycles. The number of halogens is 1. The van der Waals surface area contributed by atoms with Crippen LogP contribution in [0.5, 0.6) is 0 Å². The lowest BCUT2D eigenvalue weighted by Gasteiger charge is -2.32. The molecule has 0 aromatic heterocycles. The Hall–Kier alpha value is -0.380. The van der Waals surface area contributed by atoms with Gasteiger partial charge in [-0.1, -0.05) is 28.1 Å². The van der Waals surface area contributed by atoms with Gasteiger partial charge in [-0.05, 0) is 76.0 Å². The Balaban J connectivity index is 1.82. The molecule has 1 N–H and O–H groups in total. The fourth-order valence-electron chi connectivity index (χ4n) is 2.80. The highest BCUT2D eigenvalue weighted by Gasteiger charge is 2.19. The van der Waals surface area contributed by atoms with Crippen molar-refractivity contribution < 1.29 is 0 Å². The zero-order valence-corrected chi connectivity index (χ0v) is 13.7. The molecule has 0 saturated carbocycles. The third-order valence-corrected chi connectivity index (χ3v) is 4.85. The zero-order chi connectivity index (χ0) is 13.7. The molecule has 2 rings (SSSR count). The second kappa shape index (κ2) is 7.41. The van der Waals surface area contributed by atoms with E-state index in [4.69, 9.17) is 0 Å². The fraction of sp³-hybridized carbons (Fsp3) is 0.625. The molecule has 0 atom stereocenters. The van der Waals surface area contributed by atoms with Gasteiger partial charge in [-0.3, -0.25) is 4.90 Å². The average Bonchev–Trinajstić information content (AvgIpc) is 2.41. The Bertz CT molecular complexity index is 398. The summed E-state index contributed by atoms with van der Waals surface area (Å²) in [5, 5.41) is 3.26. The molecule has 1 fully saturated rings. The lowest BCUT2D eigenvalue weighted by atomic mass is 9.93. The number of hydrogen-bond acceptors (Lipinski definition) is 2. The van der Waals surface area contributed by atoms with Gasteiger partial charge in [-0.2, -0.15) is 0 Å². The van der Waals surface area contributed by atoms with Crippen LogP contribution >= 0.6 is 15.9 Å². The number of rotatable bonds is 5. The van der Waals surface area contributed by atoms with Crippen LogP contribution in [0.2, 0.25) is 0 Å². The third-order valence-electron chi connectivity index (χ3n) is 4.11. The van der Waals surface area contributed by atoms with E-state index in [1.54, 1.807) is 0 Å². The number of nitrogens with one attached hydrogen (secondary N) is 1. The van der Waals surface area contributed by atoms with Crippen LogP contribution in [0.4, 0.5) is 0 Å². The van der Waals surface area contributed by atoms with Crippen molar-refractivity contribution >= 4 is 15.9 Å². The maximum atomic E-state index is 3.69. The standard InChI is InChI=1S/C16H25BrN2/c1-13-3-4-15(16(17)11-13)12-19-9-6-14(7-10-19)5-8-18-2/h3-4,11,14,18H,5-10,12H2,1-2H3. The van der Waals surface area contributed by atoms with Crippen LogP contribution in [0.25, 0.3) is 0 Å². The van der Waals surface area contributed by atoms with Crippen molar-refractivity contribution in [2.24, 2.45) is 5.92 Å². The topological polar surface area (TPSA) is 15.3 Å². The molecular weight excluding hydrogens is 300 g/mol. The number of aryl methyl sites for hydroxylation is 1. The van der Waals surface area contributed by atoms with E-state index in [1.165, 1.54) is 48.0 Å². The Morgan fingerprint density at radius 3 is 2.68 bits per heavy atom. The van der Waals surface area contributed by atoms with E-state index in [-0.39, 0.29) is 0 Å². The van der Waals surface area contributed by atoms with E-state index in [1.807, 2.05) is 7.05 Å². The maximum absolute atomic E-state index is 3.69. The monoisotopic (exact) mass is 324 g/mol. The Morgan fingerprint density at radius 2 is 2.05 bits per heavy atom. The van der Waals surface area contributed by atoms with Gasteiger partial charge in [-0.15, -0.1) is 0 Å². The molecule has 3 heteroatoms. The molecule has 0 radical (unpaired) electrons. The third kappa shape index (κ3) is 4.59. The second-order valence-electron chi connectivity index (χ2n) is 5.71. The summed E-state index contributed by atoms with van der Waals surface area (Å²) in [5.74, 6) is 0.921. The SMILES string of the molecule is CNCCC1CCN(Cc2ccc(C)cc2Br)CC1. The molecule has 2 nitrogen and oxygen atoms in total. The van der Waals surface area contributed by atoms with Gasteiger partial charge in [0.15, 0.2) is 0 Å². The number of likely N-dealkylation sites (tertiary alicyclic amines) is 1. The van der Waals surface area contributed by atoms with Crippen LogP contribution in [0.3, 0.4) is 0 Å². The average molecular weight is 325 g/mol. The van der Waals surface area contributed by atoms with E-state index < -0.39 is 0 Å². The number of hydrogen-bond donors (Lipinski definition) is 1. The summed E-state index contributed by atoms with van der Waals surface area (Å²) < 4.78 is 1.25. The van der Waals surface area contributed by atoms with Crippen molar-refractivity contribution in [1.82, 2.24) is 10.2 Å². The van der Waals surface area contributed by atoms with Crippen LogP contribution in [-0.2, 0) is 6.54 Å². The molecule has 0 unspecified atom stereocenters. The molecule has 1 aromatic rings. The predicted molar refractivity (Wildman–Crippen MR) is 85.4 cm³/mol. The molecule has 1 heterocycles. The van der Waals surface area contributed by atoms with Crippen molar-refractivity contribution in [2.75, 3.05) is 26.7 Å². The summed E-state index contributed by atoms with van der Waals surface area (Å²) in [4.78, 5) is 2.59. The Kier molecular flexibility index (Phi) is 5.86. The van der Waals surface area contributed by atoms with Gasteiger partial charge in [-0.25, -0.2) is 0 Å². The van der Waals surface area contributed by atoms with Gasteiger partial charge in [0.25, 0.3) is 0 Å². The quantitative estimate of drug-likeness (QED) is 0.890. The first-order chi connectivity index (χ1) is 9.19. The van der Waals surface area contributed by atoms with E-state index in [0.29, 0.717) is 0 Å². The predicted octanol–water partition coefficient (Wildman–Crippen LogP) is 3.58. The smallest absolute Gasteiger partial charge is 0.0244 e. The molecule has 19 heavy (non-hydrogen) atoms. The largest absolute Gasteiger partial charge is 0.320 e. The van der Waals surface area contributed by atoms with Gasteiger partial charge >= 0.3 is 0 Å². The van der Waals surface area contributed by atoms with Gasteiger partial charge < -0.3 is 5.32 Å². The highest BCUT2D eigenvalue weighted by atomic mass is 79.9. The first-order valence-electron chi connectivity index (χ1n) is 7.31. The first-order valence-corrected chi connectivity index (χ1v) is 8.10.